The number of nitro benzene ring substituents is 1. The maximum atomic E-state index is 12.0. The maximum absolute atomic E-state index is 12.0. The first-order chi connectivity index (χ1) is 12.1. The van der Waals surface area contributed by atoms with Gasteiger partial charge in [-0.1, -0.05) is 0 Å². The Morgan fingerprint density at radius 3 is 2.42 bits per heavy atom. The van der Waals surface area contributed by atoms with Gasteiger partial charge in [-0.15, -0.1) is 0 Å². The number of nitro groups is 1. The van der Waals surface area contributed by atoms with Crippen LogP contribution in [0.2, 0.25) is 0 Å². The number of nitrogens with one attached hydrogen (secondary N) is 1. The summed E-state index contributed by atoms with van der Waals surface area (Å²) in [4.78, 5) is 27.3. The molecule has 0 atom stereocenters. The van der Waals surface area contributed by atoms with E-state index >= 15 is 0 Å². The zero-order valence-corrected chi connectivity index (χ0v) is 16.2. The Morgan fingerprint density at radius 2 is 1.88 bits per heavy atom. The van der Waals surface area contributed by atoms with Gasteiger partial charge >= 0.3 is 6.09 Å². The number of non-ortho nitro benzene ring substituents is 1. The zero-order valence-electron chi connectivity index (χ0n) is 16.2. The largest absolute Gasteiger partial charge is 0.444 e. The third-order valence-electron chi connectivity index (χ3n) is 4.22. The molecule has 1 aliphatic heterocycles. The van der Waals surface area contributed by atoms with E-state index in [0.29, 0.717) is 0 Å². The summed E-state index contributed by atoms with van der Waals surface area (Å²) in [5.74, 6) is 0. The number of rotatable bonds is 4. The molecule has 0 unspecified atom stereocenters. The number of aryl methyl sites for hydroxylation is 1. The number of carbonyl (C=O) groups excluding carboxylic acids is 1. The fraction of sp³-hybridized carbons (Fsp3) is 0.611. The van der Waals surface area contributed by atoms with E-state index in [-0.39, 0.29) is 12.2 Å². The van der Waals surface area contributed by atoms with Gasteiger partial charge in [0.1, 0.15) is 5.60 Å². The summed E-state index contributed by atoms with van der Waals surface area (Å²) >= 11 is 0. The Labute approximate surface area is 154 Å². The average Bonchev–Trinajstić information content (AvgIpc) is 2.52. The van der Waals surface area contributed by atoms with E-state index in [4.69, 9.17) is 4.74 Å². The molecule has 1 amide bonds. The van der Waals surface area contributed by atoms with Crippen molar-refractivity contribution < 1.29 is 14.5 Å². The standard InChI is InChI=1S/C18H28N4O4/c1-13-10-15(22(24)25)11-14(12-19-17(23)26-18(2,3)4)16(13)21-8-6-20(5)7-9-21/h10-11H,6-9,12H2,1-5H3,(H,19,23). The molecule has 0 aromatic heterocycles. The summed E-state index contributed by atoms with van der Waals surface area (Å²) in [5.41, 5.74) is 1.96. The molecule has 0 spiro atoms. The molecule has 2 rings (SSSR count). The van der Waals surface area contributed by atoms with Crippen LogP contribution in [0.1, 0.15) is 31.9 Å². The van der Waals surface area contributed by atoms with Gasteiger partial charge < -0.3 is 19.9 Å². The van der Waals surface area contributed by atoms with Crippen LogP contribution in [0.25, 0.3) is 0 Å². The Kier molecular flexibility index (Phi) is 6.07. The van der Waals surface area contributed by atoms with Gasteiger partial charge in [0.2, 0.25) is 0 Å². The summed E-state index contributed by atoms with van der Waals surface area (Å²) in [6.45, 7) is 11.0. The smallest absolute Gasteiger partial charge is 0.407 e. The monoisotopic (exact) mass is 364 g/mol. The molecule has 0 radical (unpaired) electrons. The van der Waals surface area contributed by atoms with Crippen LogP contribution in [0.15, 0.2) is 12.1 Å². The number of anilines is 1. The number of nitrogens with zero attached hydrogens (tertiary/aromatic N) is 3. The highest BCUT2D eigenvalue weighted by Gasteiger charge is 2.23. The van der Waals surface area contributed by atoms with E-state index in [9.17, 15) is 14.9 Å². The first-order valence-corrected chi connectivity index (χ1v) is 8.75. The number of likely N-dealkylation sites (N-methyl/N-ethyl adjacent to an activating group) is 1. The van der Waals surface area contributed by atoms with Crippen molar-refractivity contribution in [3.8, 4) is 0 Å². The highest BCUT2D eigenvalue weighted by Crippen LogP contribution is 2.31. The van der Waals surface area contributed by atoms with Crippen molar-refractivity contribution in [3.05, 3.63) is 33.4 Å². The van der Waals surface area contributed by atoms with Gasteiger partial charge in [0.25, 0.3) is 5.69 Å². The molecule has 8 nitrogen and oxygen atoms in total. The van der Waals surface area contributed by atoms with Gasteiger partial charge in [-0.25, -0.2) is 4.79 Å². The van der Waals surface area contributed by atoms with Gasteiger partial charge in [0.15, 0.2) is 0 Å². The Balaban J connectivity index is 2.26. The van der Waals surface area contributed by atoms with Gasteiger partial charge in [-0.2, -0.15) is 0 Å². The molecule has 144 valence electrons. The van der Waals surface area contributed by atoms with E-state index < -0.39 is 16.6 Å². The Bertz CT molecular complexity index is 677. The molecule has 1 aromatic rings. The quantitative estimate of drug-likeness (QED) is 0.653. The van der Waals surface area contributed by atoms with Crippen LogP contribution in [0.3, 0.4) is 0 Å². The van der Waals surface area contributed by atoms with Crippen molar-refractivity contribution >= 4 is 17.5 Å². The fourth-order valence-corrected chi connectivity index (χ4v) is 3.04. The normalized spacial score (nSPS) is 15.7. The summed E-state index contributed by atoms with van der Waals surface area (Å²) in [7, 11) is 2.07. The van der Waals surface area contributed by atoms with Crippen LogP contribution in [0.4, 0.5) is 16.2 Å². The van der Waals surface area contributed by atoms with Gasteiger partial charge in [-0.3, -0.25) is 10.1 Å². The molecule has 1 aromatic carbocycles. The predicted octanol–water partition coefficient (Wildman–Crippen LogP) is 2.68. The minimum Gasteiger partial charge on any atom is -0.444 e. The van der Waals surface area contributed by atoms with Crippen molar-refractivity contribution in [1.29, 1.82) is 0 Å². The van der Waals surface area contributed by atoms with Gasteiger partial charge in [0, 0.05) is 56.1 Å². The minimum atomic E-state index is -0.594. The zero-order chi connectivity index (χ0) is 19.5. The number of carbonyl (C=O) groups is 1. The third kappa shape index (κ3) is 5.32. The Hall–Kier alpha value is -2.35. The molecule has 1 N–H and O–H groups in total. The molecular weight excluding hydrogens is 336 g/mol. The first kappa shape index (κ1) is 20.0. The number of amides is 1. The second-order valence-electron chi connectivity index (χ2n) is 7.67. The summed E-state index contributed by atoms with van der Waals surface area (Å²) < 4.78 is 5.26. The third-order valence-corrected chi connectivity index (χ3v) is 4.22. The molecule has 0 bridgehead atoms. The van der Waals surface area contributed by atoms with Crippen molar-refractivity contribution in [2.45, 2.75) is 39.8 Å². The van der Waals surface area contributed by atoms with E-state index in [1.54, 1.807) is 26.8 Å². The van der Waals surface area contributed by atoms with Crippen LogP contribution in [-0.2, 0) is 11.3 Å². The summed E-state index contributed by atoms with van der Waals surface area (Å²) in [6, 6.07) is 3.13. The van der Waals surface area contributed by atoms with Crippen LogP contribution in [0.5, 0.6) is 0 Å². The number of alkyl carbamates (subject to hydrolysis) is 1. The minimum absolute atomic E-state index is 0.0290. The lowest BCUT2D eigenvalue weighted by atomic mass is 10.0. The summed E-state index contributed by atoms with van der Waals surface area (Å²) in [5, 5.41) is 14.0. The lowest BCUT2D eigenvalue weighted by Gasteiger charge is -2.36. The van der Waals surface area contributed by atoms with E-state index in [1.165, 1.54) is 6.07 Å². The van der Waals surface area contributed by atoms with Crippen molar-refractivity contribution in [2.24, 2.45) is 0 Å². The van der Waals surface area contributed by atoms with Gasteiger partial charge in [0.05, 0.1) is 4.92 Å². The molecule has 8 heteroatoms. The van der Waals surface area contributed by atoms with Crippen LogP contribution in [0, 0.1) is 17.0 Å². The highest BCUT2D eigenvalue weighted by molar-refractivity contribution is 5.69. The number of piperazine rings is 1. The second-order valence-corrected chi connectivity index (χ2v) is 7.67. The SMILES string of the molecule is Cc1cc([N+](=O)[O-])cc(CNC(=O)OC(C)(C)C)c1N1CCN(C)CC1. The Morgan fingerprint density at radius 1 is 1.27 bits per heavy atom. The van der Waals surface area contributed by atoms with E-state index in [0.717, 1.165) is 43.0 Å². The number of benzene rings is 1. The molecule has 0 saturated carbocycles. The predicted molar refractivity (Wildman–Crippen MR) is 101 cm³/mol. The van der Waals surface area contributed by atoms with Crippen molar-refractivity contribution in [3.63, 3.8) is 0 Å². The molecule has 1 heterocycles. The molecule has 1 aliphatic rings. The molecule has 1 saturated heterocycles. The first-order valence-electron chi connectivity index (χ1n) is 8.75. The lowest BCUT2D eigenvalue weighted by molar-refractivity contribution is -0.385. The highest BCUT2D eigenvalue weighted by atomic mass is 16.6. The fourth-order valence-electron chi connectivity index (χ4n) is 3.04. The molecular formula is C18H28N4O4. The maximum Gasteiger partial charge on any atom is 0.407 e. The lowest BCUT2D eigenvalue weighted by Crippen LogP contribution is -2.45. The van der Waals surface area contributed by atoms with Crippen LogP contribution < -0.4 is 10.2 Å². The van der Waals surface area contributed by atoms with Crippen molar-refractivity contribution in [1.82, 2.24) is 10.2 Å². The number of hydrogen-bond donors (Lipinski definition) is 1. The molecule has 1 fully saturated rings. The van der Waals surface area contributed by atoms with E-state index in [2.05, 4.69) is 22.2 Å². The number of ether oxygens (including phenoxy) is 1. The van der Waals surface area contributed by atoms with Crippen LogP contribution >= 0.6 is 0 Å². The summed E-state index contributed by atoms with van der Waals surface area (Å²) in [6.07, 6.45) is -0.536. The number of hydrogen-bond acceptors (Lipinski definition) is 6. The second kappa shape index (κ2) is 7.90. The van der Waals surface area contributed by atoms with Crippen molar-refractivity contribution in [2.75, 3.05) is 38.1 Å². The van der Waals surface area contributed by atoms with E-state index in [1.807, 2.05) is 6.92 Å². The van der Waals surface area contributed by atoms with Gasteiger partial charge in [-0.05, 0) is 40.3 Å². The molecule has 26 heavy (non-hydrogen) atoms. The topological polar surface area (TPSA) is 88.0 Å². The average molecular weight is 364 g/mol. The van der Waals surface area contributed by atoms with Crippen LogP contribution in [-0.4, -0.2) is 54.7 Å². The molecule has 0 aliphatic carbocycles.